The SMILES string of the molecule is C.NCC(O)CO.O.O=C(CCC(C(=O)O)N1CCN(C(CCC(=O)NCC(O)CO)C(=O)O)Cc2cccc(n2)CN(C(CCC(=O)NCC(O)CO)C(=O)O)CC1)NCC(O)CO.O=C(O)CCC(C(=O)O)N1CCN(C(CCC(=O)NCC(O)CO)C(=O)O)CCN(C(CCC(=O)NCC(O)CO)C(=O)O)Cc2cccc(n2)C1.[Gd+3].[Gd+3]. The van der Waals surface area contributed by atoms with Gasteiger partial charge in [0.1, 0.15) is 36.3 Å². The van der Waals surface area contributed by atoms with Crippen LogP contribution in [-0.4, -0.2) is 417 Å². The fraction of sp³-hybridized carbons (Fsp3) is 0.690. The van der Waals surface area contributed by atoms with Gasteiger partial charge in [-0.15, -0.1) is 0 Å². The average molecular weight is 2000 g/mol. The molecule has 2 aromatic rings. The van der Waals surface area contributed by atoms with Crippen LogP contribution in [0.1, 0.15) is 107 Å². The van der Waals surface area contributed by atoms with Crippen molar-refractivity contribution in [2.75, 3.05) is 131 Å². The number of carboxylic acids is 7. The number of hydrogen-bond acceptors (Lipinski definition) is 33. The molecule has 0 saturated heterocycles. The third kappa shape index (κ3) is 48.4. The van der Waals surface area contributed by atoms with E-state index < -0.39 is 184 Å². The summed E-state index contributed by atoms with van der Waals surface area (Å²) in [6, 6.07) is 2.02. The molecule has 0 aromatic carbocycles. The standard InChI is InChI=1S/C35H57N7O15.C32H50N6O14.C3H9NO2.CH4.2Gd.H2O/c43-19-24(46)14-36-30(49)7-4-27(33(52)53)40-10-12-41(28(34(54)55)5-8-31(50)37-15-25(47)20-44)17-22-2-1-3-23(39-22)18-42(13-11-40)29(35(56)57)6-9-32(51)38-16-26(48)21-45;39-18-22(41)14-33-27(43)7-4-24(30(47)48)36-10-12-37(25(31(49)50)5-8-28(44)34-15-23(42)19-40)16-20-2-1-3-21(35-20)17-38(13-11-36)26(32(51)52)6-9-29(45)46;4-1-3(6)2-5;;;;/h1-3,24-29,43-48H,4-21H2,(H,36,49)(H,37,50)(H,38,51)(H,52,53)(H,54,55)(H,56,57);1-3,22-26,39-42H,4-19H2,(H,33,43)(H,34,44)(H,45,46)(H,47,48)(H,49,50)(H,51,52);3,5-6H,1-2,4H2;1H4;;;1H2/q;;;;2*+3;. The number of rotatable bonds is 47. The Kier molecular flexibility index (Phi) is 64.3. The second-order valence-electron chi connectivity index (χ2n) is 27.2. The number of nitrogens with two attached hydrogens (primary N) is 1. The van der Waals surface area contributed by atoms with Gasteiger partial charge < -0.3 is 135 Å². The van der Waals surface area contributed by atoms with Crippen LogP contribution in [0.25, 0.3) is 0 Å². The predicted octanol–water partition coefficient (Wildman–Crippen LogP) is -10.1. The molecule has 2 aliphatic rings. The molecule has 2 aliphatic heterocycles. The third-order valence-corrected chi connectivity index (χ3v) is 18.3. The molecule has 46 nitrogen and oxygen atoms in total. The van der Waals surface area contributed by atoms with E-state index in [1.54, 1.807) is 36.4 Å². The van der Waals surface area contributed by atoms with Gasteiger partial charge in [-0.3, -0.25) is 96.9 Å². The molecule has 4 bridgehead atoms. The van der Waals surface area contributed by atoms with E-state index in [1.165, 1.54) is 29.4 Å². The Morgan fingerprint density at radius 2 is 0.496 bits per heavy atom. The largest absolute Gasteiger partial charge is 3.00 e. The van der Waals surface area contributed by atoms with Crippen LogP contribution in [0.15, 0.2) is 36.4 Å². The minimum atomic E-state index is -1.35. The number of amides is 5. The van der Waals surface area contributed by atoms with Crippen LogP contribution in [0.4, 0.5) is 0 Å². The van der Waals surface area contributed by atoms with Crippen molar-refractivity contribution < 1.29 is 240 Å². The van der Waals surface area contributed by atoms with Gasteiger partial charge in [0.15, 0.2) is 0 Å². The van der Waals surface area contributed by atoms with E-state index >= 15 is 0 Å². The molecule has 5 amide bonds. The summed E-state index contributed by atoms with van der Waals surface area (Å²) >= 11 is 0. The molecule has 119 heavy (non-hydrogen) atoms. The van der Waals surface area contributed by atoms with Gasteiger partial charge in [0.25, 0.3) is 0 Å². The van der Waals surface area contributed by atoms with Crippen molar-refractivity contribution in [1.82, 2.24) is 66.0 Å². The number of aliphatic hydroxyl groups is 12. The number of carboxylic acid groups (broad SMARTS) is 7. The van der Waals surface area contributed by atoms with E-state index in [9.17, 15) is 119 Å². The summed E-state index contributed by atoms with van der Waals surface area (Å²) in [6.07, 6.45) is -9.98. The summed E-state index contributed by atoms with van der Waals surface area (Å²) in [4.78, 5) is 168. The van der Waals surface area contributed by atoms with Crippen LogP contribution < -0.4 is 32.3 Å². The Balaban J connectivity index is -0.00000205. The Morgan fingerprint density at radius 1 is 0.319 bits per heavy atom. The Morgan fingerprint density at radius 3 is 0.655 bits per heavy atom. The number of nitrogens with zero attached hydrogens (tertiary/aromatic N) is 8. The second kappa shape index (κ2) is 65.5. The van der Waals surface area contributed by atoms with Gasteiger partial charge in [0.2, 0.25) is 29.5 Å². The van der Waals surface area contributed by atoms with E-state index in [0.717, 1.165) is 0 Å². The first kappa shape index (κ1) is 117. The smallest absolute Gasteiger partial charge is 0.481 e. The zero-order chi connectivity index (χ0) is 86.3. The van der Waals surface area contributed by atoms with Crippen molar-refractivity contribution in [2.24, 2.45) is 5.73 Å². The molecule has 0 fully saturated rings. The Labute approximate surface area is 751 Å². The normalized spacial score (nSPS) is 16.9. The molecule has 0 aliphatic carbocycles. The molecule has 12 unspecified atom stereocenters. The van der Waals surface area contributed by atoms with Crippen molar-refractivity contribution in [3.63, 3.8) is 0 Å². The van der Waals surface area contributed by atoms with Gasteiger partial charge >= 0.3 is 122 Å². The first-order valence-electron chi connectivity index (χ1n) is 37.2. The summed E-state index contributed by atoms with van der Waals surface area (Å²) in [5.41, 5.74) is 6.41. The van der Waals surface area contributed by atoms with E-state index in [2.05, 4.69) is 36.6 Å². The summed E-state index contributed by atoms with van der Waals surface area (Å²) in [7, 11) is 0. The molecule has 48 heteroatoms. The molecular formula is C71H122Gd2N14O32+6. The topological polar surface area (TPSA) is 752 Å². The number of hydrogen-bond donors (Lipinski definition) is 25. The van der Waals surface area contributed by atoms with Crippen LogP contribution in [-0.2, 0) is 83.7 Å². The quantitative estimate of drug-likeness (QED) is 0.0293. The minimum Gasteiger partial charge on any atom is -0.481 e. The van der Waals surface area contributed by atoms with Crippen LogP contribution >= 0.6 is 0 Å². The Hall–Kier alpha value is -6.21. The molecule has 678 valence electrons. The van der Waals surface area contributed by atoms with Gasteiger partial charge in [-0.1, -0.05) is 19.6 Å². The van der Waals surface area contributed by atoms with Crippen LogP contribution in [0.5, 0.6) is 0 Å². The molecule has 28 N–H and O–H groups in total. The maximum atomic E-state index is 12.8. The predicted molar refractivity (Wildman–Crippen MR) is 408 cm³/mol. The molecule has 2 radical (unpaired) electrons. The molecular weight excluding hydrogens is 1880 g/mol. The first-order valence-corrected chi connectivity index (χ1v) is 37.2. The van der Waals surface area contributed by atoms with Crippen molar-refractivity contribution >= 4 is 71.3 Å². The maximum Gasteiger partial charge on any atom is 3.00 e. The minimum absolute atomic E-state index is 0. The number of aromatic nitrogens is 2. The van der Waals surface area contributed by atoms with Crippen molar-refractivity contribution in [2.45, 2.75) is 184 Å². The van der Waals surface area contributed by atoms with Gasteiger partial charge in [-0.05, 0) is 62.8 Å². The summed E-state index contributed by atoms with van der Waals surface area (Å²) in [5.74, 6) is -11.9. The van der Waals surface area contributed by atoms with Crippen LogP contribution in [0, 0.1) is 79.9 Å². The zero-order valence-electron chi connectivity index (χ0n) is 65.1. The number of carbonyl (C=O) groups excluding carboxylic acids is 5. The second-order valence-corrected chi connectivity index (χ2v) is 27.2. The molecule has 2 aromatic heterocycles. The van der Waals surface area contributed by atoms with E-state index in [1.807, 2.05) is 0 Å². The fourth-order valence-electron chi connectivity index (χ4n) is 11.9. The summed E-state index contributed by atoms with van der Waals surface area (Å²) in [5, 5.41) is 192. The van der Waals surface area contributed by atoms with Crippen molar-refractivity contribution in [1.29, 1.82) is 0 Å². The number of aliphatic carboxylic acids is 7. The molecule has 12 atom stereocenters. The van der Waals surface area contributed by atoms with Crippen molar-refractivity contribution in [3.8, 4) is 0 Å². The van der Waals surface area contributed by atoms with Crippen molar-refractivity contribution in [3.05, 3.63) is 59.2 Å². The third-order valence-electron chi connectivity index (χ3n) is 18.3. The van der Waals surface area contributed by atoms with Crippen LogP contribution in [0.2, 0.25) is 0 Å². The number of aliphatic hydroxyl groups excluding tert-OH is 12. The maximum absolute atomic E-state index is 12.8. The van der Waals surface area contributed by atoms with E-state index in [0.29, 0.717) is 22.8 Å². The van der Waals surface area contributed by atoms with Gasteiger partial charge in [0.05, 0.1) is 99.0 Å². The number of fused-ring (bicyclic) bond motifs is 4. The molecule has 0 saturated carbocycles. The van der Waals surface area contributed by atoms with Gasteiger partial charge in [-0.25, -0.2) is 0 Å². The first-order chi connectivity index (χ1) is 54.5. The number of nitrogens with one attached hydrogen (secondary N) is 5. The Bertz CT molecular complexity index is 3260. The van der Waals surface area contributed by atoms with Gasteiger partial charge in [-0.2, -0.15) is 0 Å². The van der Waals surface area contributed by atoms with Gasteiger partial charge in [0, 0.05) is 156 Å². The fourth-order valence-corrected chi connectivity index (χ4v) is 11.9. The average Bonchev–Trinajstić information content (AvgIpc) is 0.833. The molecule has 4 rings (SSSR count). The molecule has 0 spiro atoms. The monoisotopic (exact) mass is 2000 g/mol. The summed E-state index contributed by atoms with van der Waals surface area (Å²) in [6.45, 7) is -5.42. The van der Waals surface area contributed by atoms with Crippen LogP contribution in [0.3, 0.4) is 0 Å². The number of pyridine rings is 2. The molecule has 4 heterocycles. The zero-order valence-corrected chi connectivity index (χ0v) is 69.6. The van der Waals surface area contributed by atoms with E-state index in [-0.39, 0.29) is 288 Å². The van der Waals surface area contributed by atoms with E-state index in [4.69, 9.17) is 41.5 Å². The number of carbonyl (C=O) groups is 12. The summed E-state index contributed by atoms with van der Waals surface area (Å²) < 4.78 is 0.